The lowest BCUT2D eigenvalue weighted by molar-refractivity contribution is -0.191. The molecule has 9 aromatic carbocycles. The van der Waals surface area contributed by atoms with Crippen LogP contribution in [0.4, 0.5) is 26.3 Å². The quantitative estimate of drug-likeness (QED) is 0.0397. The van der Waals surface area contributed by atoms with Crippen molar-refractivity contribution in [1.29, 1.82) is 0 Å². The fourth-order valence-corrected chi connectivity index (χ4v) is 19.1. The van der Waals surface area contributed by atoms with Crippen molar-refractivity contribution in [3.05, 3.63) is 278 Å². The van der Waals surface area contributed by atoms with E-state index in [1.54, 1.807) is 57.2 Å². The maximum absolute atomic E-state index is 13.3. The number of phenolic OH excluding ortho intramolecular Hbond substituents is 3. The molecule has 0 bridgehead atoms. The lowest BCUT2D eigenvalue weighted by atomic mass is 9.99. The van der Waals surface area contributed by atoms with Crippen molar-refractivity contribution < 1.29 is 142 Å². The zero-order chi connectivity index (χ0) is 106. The number of fused-ring (bicyclic) bond motifs is 9. The van der Waals surface area contributed by atoms with Gasteiger partial charge in [-0.05, 0) is 265 Å². The Morgan fingerprint density at radius 1 is 0.319 bits per heavy atom. The van der Waals surface area contributed by atoms with Gasteiger partial charge in [0.15, 0.2) is 34.9 Å². The number of halogens is 12. The van der Waals surface area contributed by atoms with Crippen LogP contribution in [0.25, 0.3) is 0 Å². The van der Waals surface area contributed by atoms with E-state index in [1.807, 2.05) is 47.6 Å². The number of carbonyl (C=O) groups is 18. The van der Waals surface area contributed by atoms with Crippen LogP contribution in [0.5, 0.6) is 23.0 Å². The number of aromatic hydroxyl groups is 3. The summed E-state index contributed by atoms with van der Waals surface area (Å²) in [5.74, 6) is -17.0. The predicted molar refractivity (Wildman–Crippen MR) is 524 cm³/mol. The summed E-state index contributed by atoms with van der Waals surface area (Å²) < 4.78 is 87.5. The van der Waals surface area contributed by atoms with Crippen LogP contribution in [0.2, 0.25) is 10.0 Å². The lowest BCUT2D eigenvalue weighted by Gasteiger charge is -2.09. The molecule has 0 aliphatic carbocycles. The zero-order valence-corrected chi connectivity index (χ0v) is 86.9. The number of benzene rings is 9. The molecule has 0 atom stereocenters. The SMILES string of the molecule is CCCc1cc2c(cc1O)C(=O)N(C)C2=O.CCN1C(=O)c2c(F)c(F)c(F)c(F)c2C1=O.CCN1C(=O)c2c(I)c(I)c(I)c(I)c2C1=O.CCN1C(=O)c2ccc(C)c(C)c2C1=O.CCN1C(=O)c2ccc(F)c(F)c2C1=O.CCN1C(=O)c2cccc(OC)c2C1=O.CCc1cc2c(cc1O)C(=O)N(C)C2=O.CN1C(=O)c2cc(Cl)c(Cl)cc2C1=O.Cc1cc2c(cc1O)C(=O)N(C)C2=O.O=C=O. The topological polar surface area (TPSA) is 440 Å². The number of aryl methyl sites for hydroxylation is 4. The van der Waals surface area contributed by atoms with Gasteiger partial charge in [-0.1, -0.05) is 55.6 Å². The van der Waals surface area contributed by atoms with Crippen molar-refractivity contribution >= 4 is 226 Å². The predicted octanol–water partition coefficient (Wildman–Crippen LogP) is 15.7. The van der Waals surface area contributed by atoms with Crippen LogP contribution in [0.15, 0.2) is 91.0 Å². The number of hydrogen-bond donors (Lipinski definition) is 3. The summed E-state index contributed by atoms with van der Waals surface area (Å²) in [4.78, 5) is 236. The van der Waals surface area contributed by atoms with Gasteiger partial charge in [0.25, 0.3) is 106 Å². The van der Waals surface area contributed by atoms with Crippen LogP contribution in [0, 0.1) is 70.0 Å². The van der Waals surface area contributed by atoms with Crippen molar-refractivity contribution in [3.8, 4) is 23.0 Å². The Morgan fingerprint density at radius 3 is 0.986 bits per heavy atom. The Labute approximate surface area is 862 Å². The number of phenols is 3. The average Bonchev–Trinajstić information content (AvgIpc) is 1.59. The number of nitrogens with zero attached hydrogens (tertiary/aromatic N) is 9. The molecule has 0 aromatic heterocycles. The minimum Gasteiger partial charge on any atom is -0.508 e. The maximum atomic E-state index is 13.3. The van der Waals surface area contributed by atoms with E-state index in [4.69, 9.17) is 37.5 Å². The lowest BCUT2D eigenvalue weighted by Crippen LogP contribution is -2.29. The van der Waals surface area contributed by atoms with Crippen LogP contribution >= 0.6 is 114 Å². The number of methoxy groups -OCH3 is 1. The first-order valence-electron chi connectivity index (χ1n) is 41.9. The molecule has 0 saturated heterocycles. The number of ether oxygens (including phenoxy) is 1. The van der Waals surface area contributed by atoms with Crippen molar-refractivity contribution in [2.45, 2.75) is 88.5 Å². The van der Waals surface area contributed by atoms with Crippen molar-refractivity contribution in [2.75, 3.05) is 68.0 Å². The third kappa shape index (κ3) is 20.9. The first-order valence-corrected chi connectivity index (χ1v) is 46.9. The highest BCUT2D eigenvalue weighted by atomic mass is 127. The largest absolute Gasteiger partial charge is 0.508 e. The van der Waals surface area contributed by atoms with Crippen LogP contribution < -0.4 is 4.74 Å². The Hall–Kier alpha value is -13.1. The molecule has 736 valence electrons. The molecule has 0 fully saturated rings. The Morgan fingerprint density at radius 2 is 0.617 bits per heavy atom. The second-order valence-corrected chi connectivity index (χ2v) is 35.9. The average molecular weight is 2440 g/mol. The standard InChI is InChI=1S/C12H13NO3.C12H13NO2.2C11H11NO3.C10H5F4NO2.C10H7F2NO2.C10H5I4NO2.C10H9NO3.C9H5Cl2NO2.CO2/c1-3-4-7-5-8-9(6-10(7)14)12(16)13(2)11(8)15;1-4-13-11(14)9-6-5-7(2)8(3)10(9)12(13)15;1-3-6-4-7-8(5-9(6)13)11(15)12(2)10(7)14;1-3-12-10(13)7-5-4-6-8(15-2)9(7)11(12)14;1-2-15-9(16)3-4(10(15)17)6(12)8(14)7(13)5(3)11;1-2-13-9(14)5-3-4-6(11)8(12)7(5)10(13)15;1-2-15-9(16)3-4(10(15)17)6(12)8(14)7(13)5(3)11;1-5-3-6-7(4-8(5)12)10(14)11(2)9(6)13;1-12-8(13)4-2-6(10)7(11)3-5(4)9(12)14;2-1-3/h5-6,14H,3-4H2,1-2H3;5-6H,4H2,1-3H3;4-5,13H,3H2,1-2H3;4-6H,3H2,1-2H3;2H2,1H3;3-4H,2H2,1H3;2H2,1H3;3-4,12H,1-2H3;2-3H,1H3;. The second-order valence-electron chi connectivity index (χ2n) is 30.8. The number of amides is 18. The highest BCUT2D eigenvalue weighted by molar-refractivity contribution is 14.1. The van der Waals surface area contributed by atoms with E-state index in [9.17, 15) is 128 Å². The number of rotatable bonds is 9. The summed E-state index contributed by atoms with van der Waals surface area (Å²) in [5, 5.41) is 29.2. The van der Waals surface area contributed by atoms with Crippen LogP contribution in [-0.2, 0) is 22.4 Å². The monoisotopic (exact) mass is 2430 g/mol. The van der Waals surface area contributed by atoms with Gasteiger partial charge in [0, 0.05) is 75.2 Å². The fourth-order valence-electron chi connectivity index (χ4n) is 15.1. The first-order chi connectivity index (χ1) is 66.2. The normalized spacial score (nSPS) is 14.4. The van der Waals surface area contributed by atoms with Gasteiger partial charge >= 0.3 is 6.15 Å². The van der Waals surface area contributed by atoms with Gasteiger partial charge in [-0.15, -0.1) is 0 Å². The molecule has 141 heavy (non-hydrogen) atoms. The molecular weight excluding hydrogens is 2360 g/mol. The summed E-state index contributed by atoms with van der Waals surface area (Å²) in [6.07, 6.45) is 2.46. The highest BCUT2D eigenvalue weighted by Crippen LogP contribution is 2.41. The van der Waals surface area contributed by atoms with Crippen molar-refractivity contribution in [1.82, 2.24) is 44.1 Å². The molecule has 33 nitrogen and oxygen atoms in total. The van der Waals surface area contributed by atoms with Gasteiger partial charge in [-0.25, -0.2) is 26.3 Å². The molecule has 3 N–H and O–H groups in total. The van der Waals surface area contributed by atoms with E-state index < -0.39 is 75.2 Å². The first kappa shape index (κ1) is 112. The molecule has 18 amide bonds. The van der Waals surface area contributed by atoms with Crippen LogP contribution in [-0.4, -0.2) is 240 Å². The zero-order valence-electron chi connectivity index (χ0n) is 76.8. The molecule has 9 heterocycles. The molecule has 9 aliphatic rings. The molecule has 18 rings (SSSR count). The Bertz CT molecular complexity index is 6590. The van der Waals surface area contributed by atoms with Gasteiger partial charge in [-0.3, -0.25) is 130 Å². The summed E-state index contributed by atoms with van der Waals surface area (Å²) in [7, 11) is 7.22. The summed E-state index contributed by atoms with van der Waals surface area (Å²) in [5.41, 5.74) is 7.08. The Balaban J connectivity index is 0.000000177. The van der Waals surface area contributed by atoms with Crippen molar-refractivity contribution in [3.63, 3.8) is 0 Å². The minimum atomic E-state index is -2.10. The molecule has 0 saturated carbocycles. The van der Waals surface area contributed by atoms with E-state index in [0.29, 0.717) is 121 Å². The molecule has 9 aromatic rings. The fraction of sp³-hybridized carbons (Fsp3) is 0.240. The summed E-state index contributed by atoms with van der Waals surface area (Å²) >= 11 is 20.2. The Kier molecular flexibility index (Phi) is 36.1. The van der Waals surface area contributed by atoms with Gasteiger partial charge in [0.2, 0.25) is 0 Å². The van der Waals surface area contributed by atoms with E-state index in [0.717, 1.165) is 74.0 Å². The van der Waals surface area contributed by atoms with Gasteiger partial charge in [-0.2, -0.15) is 9.59 Å². The van der Waals surface area contributed by atoms with Gasteiger partial charge in [0.05, 0.1) is 117 Å². The summed E-state index contributed by atoms with van der Waals surface area (Å²) in [6.45, 7) is 19.0. The number of hydrogen-bond acceptors (Lipinski definition) is 24. The van der Waals surface area contributed by atoms with E-state index in [2.05, 4.69) is 90.4 Å². The van der Waals surface area contributed by atoms with Gasteiger partial charge in [0.1, 0.15) is 23.0 Å². The molecule has 0 unspecified atom stereocenters. The molecule has 45 heteroatoms. The molecular formula is C96H79Cl2F6I4N9O24. The highest BCUT2D eigenvalue weighted by Gasteiger charge is 2.47. The molecule has 0 radical (unpaired) electrons. The molecule has 0 spiro atoms. The number of carbonyl (C=O) groups excluding carboxylic acids is 20. The molecule has 9 aliphatic heterocycles. The maximum Gasteiger partial charge on any atom is 0.373 e. The smallest absolute Gasteiger partial charge is 0.373 e. The minimum absolute atomic E-state index is 0.0419. The van der Waals surface area contributed by atoms with Gasteiger partial charge < -0.3 is 20.1 Å². The van der Waals surface area contributed by atoms with Crippen LogP contribution in [0.1, 0.15) is 269 Å². The van der Waals surface area contributed by atoms with E-state index in [1.165, 1.54) is 93.3 Å². The summed E-state index contributed by atoms with van der Waals surface area (Å²) in [6, 6.07) is 22.3. The van der Waals surface area contributed by atoms with Crippen LogP contribution in [0.3, 0.4) is 0 Å². The van der Waals surface area contributed by atoms with E-state index >= 15 is 0 Å². The van der Waals surface area contributed by atoms with E-state index in [-0.39, 0.29) is 146 Å². The second kappa shape index (κ2) is 45.7. The van der Waals surface area contributed by atoms with Crippen molar-refractivity contribution in [2.24, 2.45) is 0 Å². The third-order valence-corrected chi connectivity index (χ3v) is 31.0. The number of imide groups is 9. The third-order valence-electron chi connectivity index (χ3n) is 22.8.